The van der Waals surface area contributed by atoms with E-state index in [9.17, 15) is 4.79 Å². The van der Waals surface area contributed by atoms with E-state index in [2.05, 4.69) is 22.3 Å². The summed E-state index contributed by atoms with van der Waals surface area (Å²) in [6.45, 7) is 8.69. The third-order valence-corrected chi connectivity index (χ3v) is 5.45. The molecule has 1 amide bonds. The largest absolute Gasteiger partial charge is 0.377 e. The van der Waals surface area contributed by atoms with Gasteiger partial charge in [-0.25, -0.2) is 4.68 Å². The zero-order valence-electron chi connectivity index (χ0n) is 17.0. The van der Waals surface area contributed by atoms with E-state index in [4.69, 9.17) is 23.8 Å². The number of hydrogen-bond donors (Lipinski definition) is 2. The maximum absolute atomic E-state index is 12.5. The van der Waals surface area contributed by atoms with Crippen LogP contribution in [0.2, 0.25) is 5.02 Å². The fraction of sp³-hybridized carbons (Fsp3) is 0.227. The van der Waals surface area contributed by atoms with Crippen LogP contribution in [0.15, 0.2) is 55.1 Å². The lowest BCUT2D eigenvalue weighted by Crippen LogP contribution is -2.20. The Bertz CT molecular complexity index is 1130. The molecule has 0 atom stereocenters. The fourth-order valence-electron chi connectivity index (χ4n) is 3.06. The van der Waals surface area contributed by atoms with E-state index in [1.807, 2.05) is 60.9 Å². The number of nitrogens with one attached hydrogen (secondary N) is 2. The maximum Gasteiger partial charge on any atom is 0.246 e. The molecule has 3 aromatic rings. The van der Waals surface area contributed by atoms with Crippen molar-refractivity contribution >= 4 is 41.1 Å². The summed E-state index contributed by atoms with van der Waals surface area (Å²) in [7, 11) is 0. The van der Waals surface area contributed by atoms with Crippen LogP contribution in [-0.2, 0) is 24.4 Å². The first-order chi connectivity index (χ1) is 14.4. The summed E-state index contributed by atoms with van der Waals surface area (Å²) in [4.78, 5) is 12.5. The molecule has 0 aliphatic rings. The Morgan fingerprint density at radius 1 is 1.27 bits per heavy atom. The summed E-state index contributed by atoms with van der Waals surface area (Å²) in [5, 5.41) is 11.5. The first-order valence-electron chi connectivity index (χ1n) is 9.52. The van der Waals surface area contributed by atoms with Crippen molar-refractivity contribution in [1.29, 1.82) is 0 Å². The van der Waals surface area contributed by atoms with Crippen molar-refractivity contribution in [3.63, 3.8) is 0 Å². The molecule has 0 spiro atoms. The van der Waals surface area contributed by atoms with Gasteiger partial charge in [-0.3, -0.25) is 9.36 Å². The third kappa shape index (κ3) is 5.17. The second-order valence-corrected chi connectivity index (χ2v) is 7.71. The van der Waals surface area contributed by atoms with Crippen molar-refractivity contribution in [1.82, 2.24) is 14.3 Å². The van der Waals surface area contributed by atoms with Crippen LogP contribution in [0, 0.1) is 18.6 Å². The molecule has 2 aromatic carbocycles. The summed E-state index contributed by atoms with van der Waals surface area (Å²) in [6.07, 6.45) is 1.75. The summed E-state index contributed by atoms with van der Waals surface area (Å²) >= 11 is 11.7. The average Bonchev–Trinajstić information content (AvgIpc) is 2.98. The number of carbonyl (C=O) groups is 1. The van der Waals surface area contributed by atoms with Crippen LogP contribution in [0.1, 0.15) is 17.0 Å². The van der Waals surface area contributed by atoms with Gasteiger partial charge in [-0.1, -0.05) is 35.9 Å². The molecule has 0 radical (unpaired) electrons. The SMILES string of the molecule is C=CCn1c(CNc2cccc(Cl)c2C)nn(CC(=O)Nc2cccc(C)c2)c1=S. The summed E-state index contributed by atoms with van der Waals surface area (Å²) in [5.41, 5.74) is 3.70. The van der Waals surface area contributed by atoms with Crippen molar-refractivity contribution < 1.29 is 4.79 Å². The smallest absolute Gasteiger partial charge is 0.246 e. The van der Waals surface area contributed by atoms with Gasteiger partial charge in [0.05, 0.1) is 6.54 Å². The van der Waals surface area contributed by atoms with Crippen LogP contribution in [0.25, 0.3) is 0 Å². The molecule has 0 aliphatic heterocycles. The van der Waals surface area contributed by atoms with Gasteiger partial charge in [-0.2, -0.15) is 5.10 Å². The van der Waals surface area contributed by atoms with Crippen LogP contribution in [0.4, 0.5) is 11.4 Å². The highest BCUT2D eigenvalue weighted by atomic mass is 35.5. The Balaban J connectivity index is 1.77. The Morgan fingerprint density at radius 2 is 2.03 bits per heavy atom. The lowest BCUT2D eigenvalue weighted by Gasteiger charge is -2.10. The monoisotopic (exact) mass is 441 g/mol. The minimum atomic E-state index is -0.190. The van der Waals surface area contributed by atoms with Gasteiger partial charge in [-0.15, -0.1) is 6.58 Å². The molecule has 6 nitrogen and oxygen atoms in total. The molecule has 1 heterocycles. The zero-order chi connectivity index (χ0) is 21.7. The van der Waals surface area contributed by atoms with Crippen molar-refractivity contribution in [2.75, 3.05) is 10.6 Å². The number of benzene rings is 2. The molecule has 0 saturated heterocycles. The molecular weight excluding hydrogens is 418 g/mol. The number of aryl methyl sites for hydroxylation is 1. The number of rotatable bonds is 8. The Labute approximate surface area is 186 Å². The number of amides is 1. The Morgan fingerprint density at radius 3 is 2.77 bits per heavy atom. The fourth-order valence-corrected chi connectivity index (χ4v) is 3.52. The van der Waals surface area contributed by atoms with Crippen molar-refractivity contribution in [3.8, 4) is 0 Å². The molecule has 0 bridgehead atoms. The van der Waals surface area contributed by atoms with Gasteiger partial charge in [0.15, 0.2) is 10.6 Å². The number of halogens is 1. The molecule has 8 heteroatoms. The van der Waals surface area contributed by atoms with E-state index in [0.29, 0.717) is 28.7 Å². The van der Waals surface area contributed by atoms with Crippen molar-refractivity contribution in [3.05, 3.63) is 81.9 Å². The quantitative estimate of drug-likeness (QED) is 0.376. The van der Waals surface area contributed by atoms with Crippen LogP contribution >= 0.6 is 23.8 Å². The van der Waals surface area contributed by atoms with Crippen LogP contribution in [-0.4, -0.2) is 20.3 Å². The number of allylic oxidation sites excluding steroid dienone is 1. The summed E-state index contributed by atoms with van der Waals surface area (Å²) in [5.74, 6) is 0.521. The molecule has 156 valence electrons. The maximum atomic E-state index is 12.5. The Hall–Kier alpha value is -2.90. The standard InChI is InChI=1S/C22H24ClN5OS/c1-4-11-27-20(13-24-19-10-6-9-18(23)16(19)3)26-28(22(27)30)14-21(29)25-17-8-5-7-15(2)12-17/h4-10,12,24H,1,11,13-14H2,2-3H3,(H,25,29). The van der Waals surface area contributed by atoms with Gasteiger partial charge in [-0.05, 0) is 61.5 Å². The van der Waals surface area contributed by atoms with Gasteiger partial charge in [0.25, 0.3) is 0 Å². The molecule has 1 aromatic heterocycles. The molecule has 30 heavy (non-hydrogen) atoms. The second-order valence-electron chi connectivity index (χ2n) is 6.94. The first kappa shape index (κ1) is 21.8. The van der Waals surface area contributed by atoms with Crippen LogP contribution < -0.4 is 10.6 Å². The molecule has 0 aliphatic carbocycles. The van der Waals surface area contributed by atoms with Gasteiger partial charge in [0.1, 0.15) is 6.54 Å². The van der Waals surface area contributed by atoms with E-state index < -0.39 is 0 Å². The minimum Gasteiger partial charge on any atom is -0.377 e. The molecule has 3 rings (SSSR count). The first-order valence-corrected chi connectivity index (χ1v) is 10.3. The molecule has 0 fully saturated rings. The van der Waals surface area contributed by atoms with E-state index >= 15 is 0 Å². The highest BCUT2D eigenvalue weighted by Gasteiger charge is 2.13. The van der Waals surface area contributed by atoms with E-state index in [0.717, 1.165) is 22.5 Å². The van der Waals surface area contributed by atoms with Crippen molar-refractivity contribution in [2.45, 2.75) is 33.5 Å². The number of anilines is 2. The highest BCUT2D eigenvalue weighted by molar-refractivity contribution is 7.71. The van der Waals surface area contributed by atoms with Gasteiger partial charge < -0.3 is 10.6 Å². The topological polar surface area (TPSA) is 63.9 Å². The van der Waals surface area contributed by atoms with E-state index in [1.54, 1.807) is 6.08 Å². The predicted molar refractivity (Wildman–Crippen MR) is 125 cm³/mol. The lowest BCUT2D eigenvalue weighted by atomic mass is 10.2. The predicted octanol–water partition coefficient (Wildman–Crippen LogP) is 5.12. The van der Waals surface area contributed by atoms with Crippen LogP contribution in [0.5, 0.6) is 0 Å². The third-order valence-electron chi connectivity index (χ3n) is 4.61. The number of nitrogens with zero attached hydrogens (tertiary/aromatic N) is 3. The van der Waals surface area contributed by atoms with Crippen LogP contribution in [0.3, 0.4) is 0 Å². The summed E-state index contributed by atoms with van der Waals surface area (Å²) in [6, 6.07) is 13.3. The highest BCUT2D eigenvalue weighted by Crippen LogP contribution is 2.23. The number of hydrogen-bond acceptors (Lipinski definition) is 4. The van der Waals surface area contributed by atoms with Crippen molar-refractivity contribution in [2.24, 2.45) is 0 Å². The lowest BCUT2D eigenvalue weighted by molar-refractivity contribution is -0.116. The number of carbonyl (C=O) groups excluding carboxylic acids is 1. The minimum absolute atomic E-state index is 0.0279. The zero-order valence-corrected chi connectivity index (χ0v) is 18.6. The number of aromatic nitrogens is 3. The molecular formula is C22H24ClN5OS. The van der Waals surface area contributed by atoms with E-state index in [1.165, 1.54) is 4.68 Å². The molecule has 2 N–H and O–H groups in total. The van der Waals surface area contributed by atoms with Gasteiger partial charge >= 0.3 is 0 Å². The van der Waals surface area contributed by atoms with E-state index in [-0.39, 0.29) is 12.5 Å². The summed E-state index contributed by atoms with van der Waals surface area (Å²) < 4.78 is 3.86. The van der Waals surface area contributed by atoms with Gasteiger partial charge in [0.2, 0.25) is 5.91 Å². The Kier molecular flexibility index (Phi) is 7.07. The molecule has 0 saturated carbocycles. The second kappa shape index (κ2) is 9.73. The average molecular weight is 442 g/mol. The normalized spacial score (nSPS) is 10.6. The molecule has 0 unspecified atom stereocenters. The van der Waals surface area contributed by atoms with Gasteiger partial charge in [0, 0.05) is 22.9 Å².